The quantitative estimate of drug-likeness (QED) is 0.530. The molecule has 4 aromatic rings. The first-order chi connectivity index (χ1) is 14.1. The van der Waals surface area contributed by atoms with Crippen LogP contribution in [0.2, 0.25) is 0 Å². The summed E-state index contributed by atoms with van der Waals surface area (Å²) in [4.78, 5) is 24.4. The first-order valence-corrected chi connectivity index (χ1v) is 9.18. The Morgan fingerprint density at radius 2 is 1.93 bits per heavy atom. The van der Waals surface area contributed by atoms with Crippen LogP contribution in [-0.4, -0.2) is 37.8 Å². The predicted octanol–water partition coefficient (Wildman–Crippen LogP) is 2.26. The molecule has 3 heterocycles. The molecule has 2 amide bonds. The van der Waals surface area contributed by atoms with Gasteiger partial charge in [-0.15, -0.1) is 0 Å². The fraction of sp³-hybridized carbons (Fsp3) is 0.143. The zero-order valence-corrected chi connectivity index (χ0v) is 15.9. The summed E-state index contributed by atoms with van der Waals surface area (Å²) in [6.07, 6.45) is 5.10. The number of carbonyl (C=O) groups is 2. The molecule has 1 aromatic carbocycles. The average molecular weight is 388 g/mol. The number of benzene rings is 1. The highest BCUT2D eigenvalue weighted by atomic mass is 16.2. The number of aryl methyl sites for hydroxylation is 1. The van der Waals surface area contributed by atoms with Crippen LogP contribution < -0.4 is 10.6 Å². The maximum Gasteiger partial charge on any atom is 0.272 e. The Morgan fingerprint density at radius 3 is 2.76 bits per heavy atom. The highest BCUT2D eigenvalue weighted by Crippen LogP contribution is 2.11. The van der Waals surface area contributed by atoms with E-state index in [0.29, 0.717) is 12.2 Å². The normalized spacial score (nSPS) is 10.8. The lowest BCUT2D eigenvalue weighted by Crippen LogP contribution is -2.33. The van der Waals surface area contributed by atoms with Gasteiger partial charge in [0.1, 0.15) is 0 Å². The van der Waals surface area contributed by atoms with Gasteiger partial charge in [-0.3, -0.25) is 14.3 Å². The average Bonchev–Trinajstić information content (AvgIpc) is 3.34. The van der Waals surface area contributed by atoms with E-state index in [1.54, 1.807) is 33.9 Å². The zero-order chi connectivity index (χ0) is 20.2. The number of hydrogen-bond acceptors (Lipinski definition) is 4. The molecule has 2 N–H and O–H groups in total. The van der Waals surface area contributed by atoms with Crippen molar-refractivity contribution in [2.75, 3.05) is 11.9 Å². The van der Waals surface area contributed by atoms with E-state index in [4.69, 9.17) is 0 Å². The Kier molecular flexibility index (Phi) is 5.07. The van der Waals surface area contributed by atoms with E-state index in [-0.39, 0.29) is 18.1 Å². The van der Waals surface area contributed by atoms with Crippen LogP contribution in [0.4, 0.5) is 5.69 Å². The third-order valence-electron chi connectivity index (χ3n) is 4.52. The second-order valence-corrected chi connectivity index (χ2v) is 6.68. The molecule has 4 rings (SSSR count). The maximum atomic E-state index is 12.2. The van der Waals surface area contributed by atoms with Crippen molar-refractivity contribution in [3.05, 3.63) is 83.9 Å². The van der Waals surface area contributed by atoms with Crippen LogP contribution in [0.3, 0.4) is 0 Å². The molecule has 0 spiro atoms. The van der Waals surface area contributed by atoms with E-state index < -0.39 is 5.91 Å². The summed E-state index contributed by atoms with van der Waals surface area (Å²) in [6, 6.07) is 15.3. The molecule has 0 bridgehead atoms. The van der Waals surface area contributed by atoms with Gasteiger partial charge in [-0.05, 0) is 36.2 Å². The molecule has 3 aromatic heterocycles. The van der Waals surface area contributed by atoms with Crippen LogP contribution in [0.5, 0.6) is 0 Å². The molecule has 0 atom stereocenters. The van der Waals surface area contributed by atoms with Gasteiger partial charge < -0.3 is 10.6 Å². The SMILES string of the molecule is Cc1ccccc1Cn1cc(NC(=O)CNC(=O)c2cc3ccccn3n2)cn1. The van der Waals surface area contributed by atoms with E-state index in [1.165, 1.54) is 5.56 Å². The Labute approximate surface area is 167 Å². The number of fused-ring (bicyclic) bond motifs is 1. The van der Waals surface area contributed by atoms with Crippen molar-refractivity contribution in [3.63, 3.8) is 0 Å². The Morgan fingerprint density at radius 1 is 1.10 bits per heavy atom. The summed E-state index contributed by atoms with van der Waals surface area (Å²) in [6.45, 7) is 2.51. The number of nitrogens with zero attached hydrogens (tertiary/aromatic N) is 4. The van der Waals surface area contributed by atoms with Gasteiger partial charge in [-0.2, -0.15) is 10.2 Å². The first-order valence-electron chi connectivity index (χ1n) is 9.18. The van der Waals surface area contributed by atoms with Crippen molar-refractivity contribution in [2.45, 2.75) is 13.5 Å². The van der Waals surface area contributed by atoms with Crippen molar-refractivity contribution in [2.24, 2.45) is 0 Å². The van der Waals surface area contributed by atoms with Gasteiger partial charge in [0.2, 0.25) is 5.91 Å². The standard InChI is InChI=1S/C21H20N6O2/c1-15-6-2-3-7-16(15)13-26-14-17(11-23-26)24-20(28)12-22-21(29)19-10-18-8-4-5-9-27(18)25-19/h2-11,14H,12-13H2,1H3,(H,22,29)(H,24,28). The van der Waals surface area contributed by atoms with Crippen LogP contribution in [-0.2, 0) is 11.3 Å². The van der Waals surface area contributed by atoms with Crippen LogP contribution in [0.25, 0.3) is 5.52 Å². The van der Waals surface area contributed by atoms with Gasteiger partial charge in [-0.1, -0.05) is 30.3 Å². The Balaban J connectivity index is 1.31. The summed E-state index contributed by atoms with van der Waals surface area (Å²) in [5.74, 6) is -0.739. The molecule has 0 aliphatic heterocycles. The highest BCUT2D eigenvalue weighted by Gasteiger charge is 2.12. The number of rotatable bonds is 6. The number of pyridine rings is 1. The van der Waals surface area contributed by atoms with Gasteiger partial charge >= 0.3 is 0 Å². The van der Waals surface area contributed by atoms with Crippen molar-refractivity contribution >= 4 is 23.0 Å². The lowest BCUT2D eigenvalue weighted by atomic mass is 10.1. The number of amides is 2. The molecule has 0 unspecified atom stereocenters. The minimum absolute atomic E-state index is 0.157. The summed E-state index contributed by atoms with van der Waals surface area (Å²) < 4.78 is 3.37. The third kappa shape index (κ3) is 4.32. The monoisotopic (exact) mass is 388 g/mol. The van der Waals surface area contributed by atoms with E-state index in [9.17, 15) is 9.59 Å². The minimum atomic E-state index is -0.404. The summed E-state index contributed by atoms with van der Waals surface area (Å²) in [7, 11) is 0. The van der Waals surface area contributed by atoms with Crippen molar-refractivity contribution in [3.8, 4) is 0 Å². The van der Waals surface area contributed by atoms with Crippen LogP contribution in [0.1, 0.15) is 21.6 Å². The van der Waals surface area contributed by atoms with E-state index in [0.717, 1.165) is 11.1 Å². The second-order valence-electron chi connectivity index (χ2n) is 6.68. The van der Waals surface area contributed by atoms with E-state index in [2.05, 4.69) is 20.8 Å². The number of aromatic nitrogens is 4. The van der Waals surface area contributed by atoms with Crippen LogP contribution >= 0.6 is 0 Å². The van der Waals surface area contributed by atoms with Gasteiger partial charge in [0.25, 0.3) is 5.91 Å². The minimum Gasteiger partial charge on any atom is -0.342 e. The molecular weight excluding hydrogens is 368 g/mol. The van der Waals surface area contributed by atoms with E-state index >= 15 is 0 Å². The van der Waals surface area contributed by atoms with Gasteiger partial charge in [0.05, 0.1) is 30.5 Å². The number of hydrogen-bond donors (Lipinski definition) is 2. The third-order valence-corrected chi connectivity index (χ3v) is 4.52. The van der Waals surface area contributed by atoms with E-state index in [1.807, 2.05) is 49.4 Å². The Bertz CT molecular complexity index is 1140. The maximum absolute atomic E-state index is 12.2. The summed E-state index contributed by atoms with van der Waals surface area (Å²) in [5.41, 5.74) is 3.99. The second kappa shape index (κ2) is 7.97. The zero-order valence-electron chi connectivity index (χ0n) is 15.9. The first kappa shape index (κ1) is 18.4. The van der Waals surface area contributed by atoms with Crippen molar-refractivity contribution in [1.29, 1.82) is 0 Å². The largest absolute Gasteiger partial charge is 0.342 e. The topological polar surface area (TPSA) is 93.3 Å². The van der Waals surface area contributed by atoms with Gasteiger partial charge in [-0.25, -0.2) is 4.52 Å². The molecule has 0 radical (unpaired) electrons. The van der Waals surface area contributed by atoms with Crippen LogP contribution in [0.15, 0.2) is 67.1 Å². The molecule has 0 saturated carbocycles. The fourth-order valence-corrected chi connectivity index (χ4v) is 2.98. The molecule has 0 saturated heterocycles. The molecule has 146 valence electrons. The molecule has 0 aliphatic rings. The lowest BCUT2D eigenvalue weighted by Gasteiger charge is -2.05. The molecule has 8 heteroatoms. The number of nitrogens with one attached hydrogen (secondary N) is 2. The Hall–Kier alpha value is -3.94. The molecule has 29 heavy (non-hydrogen) atoms. The van der Waals surface area contributed by atoms with Crippen molar-refractivity contribution < 1.29 is 9.59 Å². The summed E-state index contributed by atoms with van der Waals surface area (Å²) in [5, 5.41) is 13.8. The predicted molar refractivity (Wildman–Crippen MR) is 109 cm³/mol. The van der Waals surface area contributed by atoms with Gasteiger partial charge in [0, 0.05) is 12.4 Å². The lowest BCUT2D eigenvalue weighted by molar-refractivity contribution is -0.115. The molecule has 0 aliphatic carbocycles. The molecule has 8 nitrogen and oxygen atoms in total. The van der Waals surface area contributed by atoms with Gasteiger partial charge in [0.15, 0.2) is 5.69 Å². The number of carbonyl (C=O) groups excluding carboxylic acids is 2. The van der Waals surface area contributed by atoms with Crippen molar-refractivity contribution in [1.82, 2.24) is 24.7 Å². The smallest absolute Gasteiger partial charge is 0.272 e. The number of anilines is 1. The summed E-state index contributed by atoms with van der Waals surface area (Å²) >= 11 is 0. The molecular formula is C21H20N6O2. The fourth-order valence-electron chi connectivity index (χ4n) is 2.98. The van der Waals surface area contributed by atoms with Crippen LogP contribution in [0, 0.1) is 6.92 Å². The highest BCUT2D eigenvalue weighted by molar-refractivity contribution is 5.98. The molecule has 0 fully saturated rings.